The number of hydrogen-bond donors (Lipinski definition) is 2. The first-order valence-corrected chi connectivity index (χ1v) is 5.89. The van der Waals surface area contributed by atoms with Crippen molar-refractivity contribution in [2.45, 2.75) is 19.9 Å². The molecule has 102 valence electrons. The number of aromatic nitrogens is 2. The number of nitrogens with two attached hydrogens (primary N) is 1. The summed E-state index contributed by atoms with van der Waals surface area (Å²) in [5.74, 6) is -0.281. The number of carbonyl (C=O) groups is 1. The molecule has 0 spiro atoms. The van der Waals surface area contributed by atoms with E-state index in [0.717, 1.165) is 0 Å². The van der Waals surface area contributed by atoms with Gasteiger partial charge in [0.05, 0.1) is 18.5 Å². The maximum absolute atomic E-state index is 11.7. The second kappa shape index (κ2) is 5.13. The summed E-state index contributed by atoms with van der Waals surface area (Å²) in [6.45, 7) is 3.84. The van der Waals surface area contributed by atoms with Crippen LogP contribution in [0.2, 0.25) is 0 Å². The predicted molar refractivity (Wildman–Crippen MR) is 70.5 cm³/mol. The summed E-state index contributed by atoms with van der Waals surface area (Å²) in [5.41, 5.74) is 7.84. The highest BCUT2D eigenvalue weighted by atomic mass is 16.6. The van der Waals surface area contributed by atoms with E-state index in [0.29, 0.717) is 22.4 Å². The molecular formula is C12H16N4O3. The van der Waals surface area contributed by atoms with Crippen molar-refractivity contribution < 1.29 is 14.2 Å². The van der Waals surface area contributed by atoms with Gasteiger partial charge in [0, 0.05) is 0 Å². The monoisotopic (exact) mass is 264 g/mol. The third-order valence-electron chi connectivity index (χ3n) is 2.88. The zero-order valence-corrected chi connectivity index (χ0v) is 11.0. The first-order chi connectivity index (χ1) is 9.04. The van der Waals surface area contributed by atoms with E-state index >= 15 is 0 Å². The lowest BCUT2D eigenvalue weighted by Crippen LogP contribution is -2.35. The van der Waals surface area contributed by atoms with E-state index in [-0.39, 0.29) is 11.9 Å². The van der Waals surface area contributed by atoms with Crippen molar-refractivity contribution in [3.05, 3.63) is 12.1 Å². The van der Waals surface area contributed by atoms with Crippen molar-refractivity contribution in [1.82, 2.24) is 10.3 Å². The molecule has 0 saturated heterocycles. The zero-order valence-electron chi connectivity index (χ0n) is 11.0. The maximum Gasteiger partial charge on any atom is 0.328 e. The predicted octanol–water partition coefficient (Wildman–Crippen LogP) is 1.41. The van der Waals surface area contributed by atoms with E-state index in [2.05, 4.69) is 20.3 Å². The van der Waals surface area contributed by atoms with Crippen LogP contribution in [0.1, 0.15) is 13.8 Å². The summed E-state index contributed by atoms with van der Waals surface area (Å²) in [6.07, 6.45) is 0. The molecule has 0 aliphatic heterocycles. The summed E-state index contributed by atoms with van der Waals surface area (Å²) in [4.78, 5) is 11.7. The van der Waals surface area contributed by atoms with Gasteiger partial charge >= 0.3 is 5.97 Å². The van der Waals surface area contributed by atoms with Gasteiger partial charge in [0.2, 0.25) is 0 Å². The third-order valence-corrected chi connectivity index (χ3v) is 2.88. The molecule has 1 aromatic carbocycles. The zero-order chi connectivity index (χ0) is 14.0. The summed E-state index contributed by atoms with van der Waals surface area (Å²) in [7, 11) is 1.36. The molecule has 7 nitrogen and oxygen atoms in total. The molecule has 1 aromatic heterocycles. The molecule has 1 unspecified atom stereocenters. The quantitative estimate of drug-likeness (QED) is 0.635. The van der Waals surface area contributed by atoms with Crippen LogP contribution in [0.5, 0.6) is 0 Å². The van der Waals surface area contributed by atoms with Crippen LogP contribution in [0, 0.1) is 5.92 Å². The SMILES string of the molecule is COC(=O)C(Nc1ccc(N)c2nonc12)C(C)C. The number of rotatable bonds is 4. The lowest BCUT2D eigenvalue weighted by atomic mass is 10.0. The van der Waals surface area contributed by atoms with Crippen LogP contribution < -0.4 is 11.1 Å². The number of esters is 1. The maximum atomic E-state index is 11.7. The van der Waals surface area contributed by atoms with E-state index in [1.54, 1.807) is 12.1 Å². The van der Waals surface area contributed by atoms with Gasteiger partial charge in [-0.05, 0) is 28.4 Å². The van der Waals surface area contributed by atoms with Crippen LogP contribution in [0.4, 0.5) is 11.4 Å². The number of fused-ring (bicyclic) bond motifs is 1. The Kier molecular flexibility index (Phi) is 3.55. The van der Waals surface area contributed by atoms with Gasteiger partial charge in [-0.2, -0.15) is 0 Å². The van der Waals surface area contributed by atoms with Gasteiger partial charge < -0.3 is 15.8 Å². The second-order valence-electron chi connectivity index (χ2n) is 4.55. The van der Waals surface area contributed by atoms with Gasteiger partial charge in [0.25, 0.3) is 0 Å². The number of nitrogens with zero attached hydrogens (tertiary/aromatic N) is 2. The number of nitrogens with one attached hydrogen (secondary N) is 1. The highest BCUT2D eigenvalue weighted by molar-refractivity contribution is 5.96. The minimum absolute atomic E-state index is 0.0555. The van der Waals surface area contributed by atoms with Crippen molar-refractivity contribution in [2.75, 3.05) is 18.2 Å². The van der Waals surface area contributed by atoms with Gasteiger partial charge in [-0.1, -0.05) is 13.8 Å². The lowest BCUT2D eigenvalue weighted by molar-refractivity contribution is -0.142. The van der Waals surface area contributed by atoms with Gasteiger partial charge in [-0.3, -0.25) is 0 Å². The fourth-order valence-corrected chi connectivity index (χ4v) is 1.79. The topological polar surface area (TPSA) is 103 Å². The van der Waals surface area contributed by atoms with Crippen molar-refractivity contribution in [3.63, 3.8) is 0 Å². The number of anilines is 2. The number of hydrogen-bond acceptors (Lipinski definition) is 7. The fraction of sp³-hybridized carbons (Fsp3) is 0.417. The minimum atomic E-state index is -0.478. The second-order valence-corrected chi connectivity index (χ2v) is 4.55. The summed E-state index contributed by atoms with van der Waals surface area (Å²) < 4.78 is 9.46. The highest BCUT2D eigenvalue weighted by Crippen LogP contribution is 2.26. The molecule has 0 saturated carbocycles. The van der Waals surface area contributed by atoms with E-state index in [9.17, 15) is 4.79 Å². The van der Waals surface area contributed by atoms with Crippen molar-refractivity contribution >= 4 is 28.4 Å². The Bertz CT molecular complexity index is 594. The molecule has 0 aliphatic carbocycles. The number of nitrogen functional groups attached to an aromatic ring is 1. The molecule has 2 aromatic rings. The van der Waals surface area contributed by atoms with Gasteiger partial charge in [0.1, 0.15) is 6.04 Å². The number of benzene rings is 1. The number of carbonyl (C=O) groups excluding carboxylic acids is 1. The Balaban J connectivity index is 2.37. The fourth-order valence-electron chi connectivity index (χ4n) is 1.79. The van der Waals surface area contributed by atoms with Crippen LogP contribution in [0.3, 0.4) is 0 Å². The average Bonchev–Trinajstić information content (AvgIpc) is 2.87. The summed E-state index contributed by atoms with van der Waals surface area (Å²) in [6, 6.07) is 2.94. The van der Waals surface area contributed by atoms with Gasteiger partial charge in [-0.15, -0.1) is 0 Å². The Hall–Kier alpha value is -2.31. The third kappa shape index (κ3) is 2.44. The molecule has 2 rings (SSSR count). The molecule has 0 radical (unpaired) electrons. The first kappa shape index (κ1) is 13.1. The van der Waals surface area contributed by atoms with E-state index in [4.69, 9.17) is 10.5 Å². The molecule has 0 bridgehead atoms. The molecule has 0 amide bonds. The lowest BCUT2D eigenvalue weighted by Gasteiger charge is -2.20. The molecular weight excluding hydrogens is 248 g/mol. The number of ether oxygens (including phenoxy) is 1. The van der Waals surface area contributed by atoms with Gasteiger partial charge in [0.15, 0.2) is 11.0 Å². The highest BCUT2D eigenvalue weighted by Gasteiger charge is 2.24. The van der Waals surface area contributed by atoms with Crippen molar-refractivity contribution in [1.29, 1.82) is 0 Å². The molecule has 19 heavy (non-hydrogen) atoms. The van der Waals surface area contributed by atoms with Crippen LogP contribution in [0.15, 0.2) is 16.8 Å². The average molecular weight is 264 g/mol. The molecule has 1 heterocycles. The van der Waals surface area contributed by atoms with Crippen LogP contribution >= 0.6 is 0 Å². The molecule has 7 heteroatoms. The molecule has 3 N–H and O–H groups in total. The van der Waals surface area contributed by atoms with Crippen molar-refractivity contribution in [3.8, 4) is 0 Å². The Labute approximate surface area is 110 Å². The van der Waals surface area contributed by atoms with Crippen molar-refractivity contribution in [2.24, 2.45) is 5.92 Å². The number of methoxy groups -OCH3 is 1. The van der Waals surface area contributed by atoms with Crippen LogP contribution in [-0.2, 0) is 9.53 Å². The largest absolute Gasteiger partial charge is 0.467 e. The van der Waals surface area contributed by atoms with Crippen LogP contribution in [0.25, 0.3) is 11.0 Å². The standard InChI is InChI=1S/C12H16N4O3/c1-6(2)9(12(17)18-3)14-8-5-4-7(13)10-11(8)16-19-15-10/h4-6,9,14H,13H2,1-3H3. The van der Waals surface area contributed by atoms with E-state index in [1.807, 2.05) is 13.8 Å². The summed E-state index contributed by atoms with van der Waals surface area (Å²) >= 11 is 0. The molecule has 0 aliphatic rings. The van der Waals surface area contributed by atoms with Crippen LogP contribution in [-0.4, -0.2) is 29.4 Å². The van der Waals surface area contributed by atoms with E-state index in [1.165, 1.54) is 7.11 Å². The Morgan fingerprint density at radius 3 is 2.68 bits per heavy atom. The Morgan fingerprint density at radius 2 is 2.05 bits per heavy atom. The van der Waals surface area contributed by atoms with E-state index < -0.39 is 6.04 Å². The summed E-state index contributed by atoms with van der Waals surface area (Å²) in [5, 5.41) is 10.6. The van der Waals surface area contributed by atoms with Gasteiger partial charge in [-0.25, -0.2) is 9.42 Å². The first-order valence-electron chi connectivity index (χ1n) is 5.89. The smallest absolute Gasteiger partial charge is 0.328 e. The minimum Gasteiger partial charge on any atom is -0.467 e. The normalized spacial score (nSPS) is 12.6. The molecule has 1 atom stereocenters. The molecule has 0 fully saturated rings. The Morgan fingerprint density at radius 1 is 1.37 bits per heavy atom.